The number of nitrogens with one attached hydrogen (secondary N) is 1. The van der Waals surface area contributed by atoms with Gasteiger partial charge in [0.2, 0.25) is 0 Å². The number of carbonyl (C=O) groups is 3. The van der Waals surface area contributed by atoms with Gasteiger partial charge in [0.15, 0.2) is 0 Å². The number of methoxy groups -OCH3 is 1. The number of primary amides is 1. The molecule has 2 rings (SSSR count). The molecule has 3 N–H and O–H groups in total. The summed E-state index contributed by atoms with van der Waals surface area (Å²) < 4.78 is 17.5. The van der Waals surface area contributed by atoms with E-state index in [4.69, 9.17) is 5.73 Å². The number of hydrogen-bond donors (Lipinski definition) is 2. The maximum absolute atomic E-state index is 12.9. The Kier molecular flexibility index (Phi) is 4.70. The zero-order valence-electron chi connectivity index (χ0n) is 12.1. The quantitative estimate of drug-likeness (QED) is 0.842. The molecule has 0 aliphatic rings. The summed E-state index contributed by atoms with van der Waals surface area (Å²) in [7, 11) is 1.16. The molecule has 6 nitrogen and oxygen atoms in total. The Morgan fingerprint density at radius 3 is 2.30 bits per heavy atom. The number of nitrogens with two attached hydrogens (primary N) is 1. The highest BCUT2D eigenvalue weighted by Crippen LogP contribution is 2.21. The predicted octanol–water partition coefficient (Wildman–Crippen LogP) is 1.96. The van der Waals surface area contributed by atoms with Gasteiger partial charge in [-0.3, -0.25) is 9.59 Å². The van der Waals surface area contributed by atoms with E-state index in [2.05, 4.69) is 10.1 Å². The molecule has 0 bridgehead atoms. The minimum absolute atomic E-state index is 0.0584. The summed E-state index contributed by atoms with van der Waals surface area (Å²) in [6.45, 7) is 0. The SMILES string of the molecule is COC(=O)c1cccc(NC(=O)c2ccc(F)cc2)c1C(N)=O. The summed E-state index contributed by atoms with van der Waals surface area (Å²) in [5, 5.41) is 2.48. The predicted molar refractivity (Wildman–Crippen MR) is 80.7 cm³/mol. The summed E-state index contributed by atoms with van der Waals surface area (Å²) in [4.78, 5) is 35.5. The van der Waals surface area contributed by atoms with Crippen LogP contribution in [0.4, 0.5) is 10.1 Å². The Bertz CT molecular complexity index is 772. The molecule has 23 heavy (non-hydrogen) atoms. The van der Waals surface area contributed by atoms with Gasteiger partial charge in [-0.25, -0.2) is 9.18 Å². The Hall–Kier alpha value is -3.22. The lowest BCUT2D eigenvalue weighted by Gasteiger charge is -2.12. The van der Waals surface area contributed by atoms with Gasteiger partial charge >= 0.3 is 5.97 Å². The largest absolute Gasteiger partial charge is 0.465 e. The summed E-state index contributed by atoms with van der Waals surface area (Å²) >= 11 is 0. The molecule has 0 heterocycles. The molecule has 0 saturated heterocycles. The minimum atomic E-state index is -0.889. The van der Waals surface area contributed by atoms with Crippen molar-refractivity contribution in [2.75, 3.05) is 12.4 Å². The van der Waals surface area contributed by atoms with E-state index in [0.29, 0.717) is 0 Å². The zero-order chi connectivity index (χ0) is 17.0. The molecule has 0 unspecified atom stereocenters. The monoisotopic (exact) mass is 316 g/mol. The molecule has 0 radical (unpaired) electrons. The molecule has 118 valence electrons. The number of anilines is 1. The lowest BCUT2D eigenvalue weighted by molar-refractivity contribution is 0.0597. The van der Waals surface area contributed by atoms with E-state index in [-0.39, 0.29) is 22.4 Å². The van der Waals surface area contributed by atoms with E-state index in [1.807, 2.05) is 0 Å². The van der Waals surface area contributed by atoms with Crippen LogP contribution in [0.2, 0.25) is 0 Å². The number of halogens is 1. The third-order valence-electron chi connectivity index (χ3n) is 3.07. The number of rotatable bonds is 4. The highest BCUT2D eigenvalue weighted by molar-refractivity contribution is 6.13. The molecule has 2 aromatic rings. The van der Waals surface area contributed by atoms with Crippen LogP contribution in [0.3, 0.4) is 0 Å². The molecule has 2 aromatic carbocycles. The molecule has 7 heteroatoms. The Morgan fingerprint density at radius 2 is 1.74 bits per heavy atom. The number of amides is 2. The standard InChI is InChI=1S/C16H13FN2O4/c1-23-16(22)11-3-2-4-12(13(11)14(18)20)19-15(21)9-5-7-10(17)8-6-9/h2-8H,1H3,(H2,18,20)(H,19,21). The van der Waals surface area contributed by atoms with Crippen LogP contribution < -0.4 is 11.1 Å². The number of ether oxygens (including phenoxy) is 1. The molecular weight excluding hydrogens is 303 g/mol. The van der Waals surface area contributed by atoms with Crippen molar-refractivity contribution in [1.29, 1.82) is 0 Å². The van der Waals surface area contributed by atoms with Crippen molar-refractivity contribution in [3.05, 3.63) is 65.0 Å². The van der Waals surface area contributed by atoms with Gasteiger partial charge in [0.05, 0.1) is 23.9 Å². The van der Waals surface area contributed by atoms with Gasteiger partial charge in [-0.15, -0.1) is 0 Å². The fourth-order valence-corrected chi connectivity index (χ4v) is 2.00. The van der Waals surface area contributed by atoms with Gasteiger partial charge in [0.1, 0.15) is 5.82 Å². The first-order valence-corrected chi connectivity index (χ1v) is 6.52. The summed E-state index contributed by atoms with van der Waals surface area (Å²) in [6.07, 6.45) is 0. The lowest BCUT2D eigenvalue weighted by atomic mass is 10.0. The molecule has 0 aromatic heterocycles. The number of benzene rings is 2. The lowest BCUT2D eigenvalue weighted by Crippen LogP contribution is -2.22. The highest BCUT2D eigenvalue weighted by atomic mass is 19.1. The topological polar surface area (TPSA) is 98.5 Å². The molecule has 0 saturated carbocycles. The van der Waals surface area contributed by atoms with E-state index in [1.165, 1.54) is 30.3 Å². The molecule has 0 aliphatic heterocycles. The molecule has 0 aliphatic carbocycles. The molecule has 2 amide bonds. The van der Waals surface area contributed by atoms with E-state index < -0.39 is 23.6 Å². The molecule has 0 atom stereocenters. The van der Waals surface area contributed by atoms with Gasteiger partial charge in [-0.2, -0.15) is 0 Å². The van der Waals surface area contributed by atoms with Crippen LogP contribution in [0, 0.1) is 5.82 Å². The first-order valence-electron chi connectivity index (χ1n) is 6.52. The number of esters is 1. The normalized spacial score (nSPS) is 10.0. The van der Waals surface area contributed by atoms with Crippen LogP contribution in [-0.4, -0.2) is 24.9 Å². The van der Waals surface area contributed by atoms with Crippen molar-refractivity contribution < 1.29 is 23.5 Å². The summed E-state index contributed by atoms with van der Waals surface area (Å²) in [6, 6.07) is 9.10. The van der Waals surface area contributed by atoms with E-state index in [9.17, 15) is 18.8 Å². The van der Waals surface area contributed by atoms with Crippen molar-refractivity contribution in [3.63, 3.8) is 0 Å². The van der Waals surface area contributed by atoms with Crippen LogP contribution in [0.15, 0.2) is 42.5 Å². The second-order valence-corrected chi connectivity index (χ2v) is 4.54. The number of carbonyl (C=O) groups excluding carboxylic acids is 3. The van der Waals surface area contributed by atoms with Gasteiger partial charge in [0.25, 0.3) is 11.8 Å². The van der Waals surface area contributed by atoms with Crippen molar-refractivity contribution >= 4 is 23.5 Å². The zero-order valence-corrected chi connectivity index (χ0v) is 12.1. The molecular formula is C16H13FN2O4. The Balaban J connectivity index is 2.39. The van der Waals surface area contributed by atoms with Gasteiger partial charge < -0.3 is 15.8 Å². The van der Waals surface area contributed by atoms with E-state index in [1.54, 1.807) is 0 Å². The van der Waals surface area contributed by atoms with Crippen molar-refractivity contribution in [2.24, 2.45) is 5.73 Å². The van der Waals surface area contributed by atoms with Crippen LogP contribution in [0.25, 0.3) is 0 Å². The minimum Gasteiger partial charge on any atom is -0.465 e. The molecule has 0 spiro atoms. The van der Waals surface area contributed by atoms with Crippen molar-refractivity contribution in [2.45, 2.75) is 0 Å². The van der Waals surface area contributed by atoms with Crippen LogP contribution in [-0.2, 0) is 4.74 Å². The molecule has 0 fully saturated rings. The average Bonchev–Trinajstić information content (AvgIpc) is 2.54. The van der Waals surface area contributed by atoms with Crippen molar-refractivity contribution in [3.8, 4) is 0 Å². The summed E-state index contributed by atoms with van der Waals surface area (Å²) in [5.41, 5.74) is 5.33. The van der Waals surface area contributed by atoms with Gasteiger partial charge in [0, 0.05) is 5.56 Å². The van der Waals surface area contributed by atoms with Gasteiger partial charge in [-0.05, 0) is 36.4 Å². The van der Waals surface area contributed by atoms with Crippen LogP contribution in [0.1, 0.15) is 31.1 Å². The first kappa shape index (κ1) is 16.2. The highest BCUT2D eigenvalue weighted by Gasteiger charge is 2.21. The van der Waals surface area contributed by atoms with Crippen LogP contribution in [0.5, 0.6) is 0 Å². The maximum atomic E-state index is 12.9. The number of hydrogen-bond acceptors (Lipinski definition) is 4. The maximum Gasteiger partial charge on any atom is 0.338 e. The first-order chi connectivity index (χ1) is 10.9. The Labute approximate surface area is 131 Å². The summed E-state index contributed by atoms with van der Waals surface area (Å²) in [5.74, 6) is -2.70. The van der Waals surface area contributed by atoms with Crippen LogP contribution >= 0.6 is 0 Å². The third kappa shape index (κ3) is 3.52. The Morgan fingerprint density at radius 1 is 1.09 bits per heavy atom. The second kappa shape index (κ2) is 6.69. The third-order valence-corrected chi connectivity index (χ3v) is 3.07. The smallest absolute Gasteiger partial charge is 0.338 e. The van der Waals surface area contributed by atoms with Gasteiger partial charge in [-0.1, -0.05) is 6.07 Å². The fourth-order valence-electron chi connectivity index (χ4n) is 2.00. The van der Waals surface area contributed by atoms with Crippen molar-refractivity contribution in [1.82, 2.24) is 0 Å². The van der Waals surface area contributed by atoms with E-state index >= 15 is 0 Å². The fraction of sp³-hybridized carbons (Fsp3) is 0.0625. The average molecular weight is 316 g/mol. The second-order valence-electron chi connectivity index (χ2n) is 4.54. The van der Waals surface area contributed by atoms with E-state index in [0.717, 1.165) is 19.2 Å².